The summed E-state index contributed by atoms with van der Waals surface area (Å²) < 4.78 is 6.29. The van der Waals surface area contributed by atoms with Gasteiger partial charge in [-0.3, -0.25) is 23.6 Å². The minimum atomic E-state index is -0.351. The molecule has 1 amide bonds. The molecule has 0 bridgehead atoms. The van der Waals surface area contributed by atoms with Crippen LogP contribution >= 0.6 is 35.1 Å². The average Bonchev–Trinajstić information content (AvgIpc) is 3.21. The lowest BCUT2D eigenvalue weighted by Crippen LogP contribution is -2.33. The molecule has 1 saturated carbocycles. The number of halogens is 2. The van der Waals surface area contributed by atoms with Crippen molar-refractivity contribution in [1.29, 1.82) is 0 Å². The molecule has 3 atom stereocenters. The standard InChI is InChI=1S/C27H28Cl2N8O2S/c1-13-7-16(14(2)31-20-5-6-21(29)32-23(20)25(38)34-40-4)22-17(8-13)26(39)35(3)27(33-22)36-11-18-19(12-36)24(18)37-10-15(28)9-30-37/h5-10,14,18-19,24,31H,11-12H2,1-4H3,(H,34,38). The summed E-state index contributed by atoms with van der Waals surface area (Å²) in [4.78, 5) is 37.7. The van der Waals surface area contributed by atoms with E-state index in [0.29, 0.717) is 45.4 Å². The number of aryl methyl sites for hydroxylation is 1. The third-order valence-corrected chi connectivity index (χ3v) is 8.54. The first-order chi connectivity index (χ1) is 19.2. The van der Waals surface area contributed by atoms with Crippen molar-refractivity contribution in [3.05, 3.63) is 74.0 Å². The second kappa shape index (κ2) is 10.3. The van der Waals surface area contributed by atoms with Crippen molar-refractivity contribution in [3.8, 4) is 0 Å². The molecule has 208 valence electrons. The molecule has 2 aliphatic rings. The quantitative estimate of drug-likeness (QED) is 0.234. The molecule has 10 nitrogen and oxygen atoms in total. The Morgan fingerprint density at radius 3 is 2.60 bits per heavy atom. The van der Waals surface area contributed by atoms with Crippen LogP contribution in [0.4, 0.5) is 11.6 Å². The van der Waals surface area contributed by atoms with E-state index in [4.69, 9.17) is 28.2 Å². The van der Waals surface area contributed by atoms with E-state index in [9.17, 15) is 9.59 Å². The molecule has 1 aliphatic heterocycles. The molecule has 4 aromatic rings. The molecule has 0 spiro atoms. The summed E-state index contributed by atoms with van der Waals surface area (Å²) in [7, 11) is 1.78. The van der Waals surface area contributed by atoms with Crippen molar-refractivity contribution >= 4 is 63.6 Å². The normalized spacial score (nSPS) is 20.4. The Bertz CT molecular complexity index is 1690. The molecule has 3 unspecified atom stereocenters. The zero-order chi connectivity index (χ0) is 28.3. The maximum absolute atomic E-state index is 13.6. The van der Waals surface area contributed by atoms with Crippen LogP contribution in [0.5, 0.6) is 0 Å². The van der Waals surface area contributed by atoms with Crippen LogP contribution in [-0.2, 0) is 7.05 Å². The van der Waals surface area contributed by atoms with Gasteiger partial charge in [-0.15, -0.1) is 0 Å². The SMILES string of the molecule is CSNC(=O)c1nc(Cl)ccc1NC(C)c1cc(C)cc2c(=O)n(C)c(N3CC4C(C3)C4n3cc(Cl)cn3)nc12. The van der Waals surface area contributed by atoms with Crippen LogP contribution in [0.25, 0.3) is 10.9 Å². The first kappa shape index (κ1) is 26.9. The van der Waals surface area contributed by atoms with Crippen LogP contribution in [0.3, 0.4) is 0 Å². The number of carbonyl (C=O) groups is 1. The number of hydrogen-bond donors (Lipinski definition) is 2. The monoisotopic (exact) mass is 598 g/mol. The number of rotatable bonds is 7. The van der Waals surface area contributed by atoms with Gasteiger partial charge in [0.2, 0.25) is 5.95 Å². The zero-order valence-corrected chi connectivity index (χ0v) is 24.7. The minimum absolute atomic E-state index is 0.0960. The van der Waals surface area contributed by atoms with Gasteiger partial charge in [0.05, 0.1) is 39.9 Å². The summed E-state index contributed by atoms with van der Waals surface area (Å²) in [6.07, 6.45) is 5.30. The third kappa shape index (κ3) is 4.69. The number of benzene rings is 1. The molecule has 0 radical (unpaired) electrons. The number of carbonyl (C=O) groups excluding carboxylic acids is 1. The fraction of sp³-hybridized carbons (Fsp3) is 0.370. The number of amides is 1. The molecular weight excluding hydrogens is 571 g/mol. The van der Waals surface area contributed by atoms with Crippen molar-refractivity contribution in [2.75, 3.05) is 29.6 Å². The summed E-state index contributed by atoms with van der Waals surface area (Å²) in [6, 6.07) is 7.31. The highest BCUT2D eigenvalue weighted by Gasteiger charge is 2.58. The number of pyridine rings is 1. The van der Waals surface area contributed by atoms with E-state index in [2.05, 4.69) is 25.0 Å². The Hall–Kier alpha value is -3.28. The summed E-state index contributed by atoms with van der Waals surface area (Å²) in [5.41, 5.74) is 3.07. The zero-order valence-electron chi connectivity index (χ0n) is 22.4. The third-order valence-electron chi connectivity index (χ3n) is 7.75. The molecule has 40 heavy (non-hydrogen) atoms. The first-order valence-corrected chi connectivity index (χ1v) is 14.9. The van der Waals surface area contributed by atoms with Gasteiger partial charge in [-0.05, 0) is 37.6 Å². The van der Waals surface area contributed by atoms with Crippen molar-refractivity contribution in [2.24, 2.45) is 18.9 Å². The number of fused-ring (bicyclic) bond motifs is 2. The van der Waals surface area contributed by atoms with Crippen LogP contribution in [0, 0.1) is 18.8 Å². The van der Waals surface area contributed by atoms with Crippen molar-refractivity contribution < 1.29 is 4.79 Å². The van der Waals surface area contributed by atoms with Crippen molar-refractivity contribution in [1.82, 2.24) is 29.0 Å². The second-order valence-electron chi connectivity index (χ2n) is 10.4. The lowest BCUT2D eigenvalue weighted by Gasteiger charge is -2.25. The van der Waals surface area contributed by atoms with Crippen LogP contribution in [0.2, 0.25) is 10.2 Å². The van der Waals surface area contributed by atoms with E-state index in [1.165, 1.54) is 11.9 Å². The van der Waals surface area contributed by atoms with E-state index in [1.807, 2.05) is 36.9 Å². The van der Waals surface area contributed by atoms with Crippen molar-refractivity contribution in [3.63, 3.8) is 0 Å². The Morgan fingerprint density at radius 1 is 1.18 bits per heavy atom. The molecule has 2 N–H and O–H groups in total. The van der Waals surface area contributed by atoms with Gasteiger partial charge in [-0.25, -0.2) is 9.97 Å². The summed E-state index contributed by atoms with van der Waals surface area (Å²) in [5.74, 6) is 1.17. The predicted octanol–water partition coefficient (Wildman–Crippen LogP) is 4.63. The summed E-state index contributed by atoms with van der Waals surface area (Å²) in [5, 5.41) is 9.20. The number of piperidine rings is 1. The van der Waals surface area contributed by atoms with Gasteiger partial charge in [0.15, 0.2) is 5.69 Å². The molecule has 2 fully saturated rings. The van der Waals surface area contributed by atoms with E-state index < -0.39 is 0 Å². The lowest BCUT2D eigenvalue weighted by atomic mass is 10.0. The molecule has 1 aromatic carbocycles. The fourth-order valence-electron chi connectivity index (χ4n) is 5.86. The molecule has 13 heteroatoms. The van der Waals surface area contributed by atoms with E-state index in [1.54, 1.807) is 36.2 Å². The van der Waals surface area contributed by atoms with E-state index in [0.717, 1.165) is 24.2 Å². The number of nitrogens with zero attached hydrogens (tertiary/aromatic N) is 6. The molecular formula is C27H28Cl2N8O2S. The summed E-state index contributed by atoms with van der Waals surface area (Å²) in [6.45, 7) is 5.51. The van der Waals surface area contributed by atoms with Gasteiger partial charge in [0, 0.05) is 50.0 Å². The maximum Gasteiger partial charge on any atom is 0.281 e. The first-order valence-electron chi connectivity index (χ1n) is 12.9. The Kier molecular flexibility index (Phi) is 6.92. The fourth-order valence-corrected chi connectivity index (χ4v) is 6.43. The van der Waals surface area contributed by atoms with Crippen LogP contribution < -0.4 is 20.5 Å². The minimum Gasteiger partial charge on any atom is -0.377 e. The van der Waals surface area contributed by atoms with Gasteiger partial charge in [0.1, 0.15) is 5.15 Å². The number of aromatic nitrogens is 5. The van der Waals surface area contributed by atoms with Crippen LogP contribution in [-0.4, -0.2) is 49.6 Å². The molecule has 3 aromatic heterocycles. The van der Waals surface area contributed by atoms with Gasteiger partial charge < -0.3 is 10.2 Å². The van der Waals surface area contributed by atoms with Crippen LogP contribution in [0.15, 0.2) is 41.5 Å². The molecule has 4 heterocycles. The smallest absolute Gasteiger partial charge is 0.281 e. The second-order valence-corrected chi connectivity index (χ2v) is 11.9. The highest BCUT2D eigenvalue weighted by Crippen LogP contribution is 2.55. The highest BCUT2D eigenvalue weighted by atomic mass is 35.5. The predicted molar refractivity (Wildman–Crippen MR) is 159 cm³/mol. The Morgan fingerprint density at radius 2 is 1.93 bits per heavy atom. The van der Waals surface area contributed by atoms with Gasteiger partial charge in [-0.1, -0.05) is 41.2 Å². The van der Waals surface area contributed by atoms with Crippen molar-refractivity contribution in [2.45, 2.75) is 25.9 Å². The Labute approximate surface area is 245 Å². The average molecular weight is 600 g/mol. The molecule has 6 rings (SSSR count). The largest absolute Gasteiger partial charge is 0.377 e. The van der Waals surface area contributed by atoms with Gasteiger partial charge >= 0.3 is 0 Å². The van der Waals surface area contributed by atoms with E-state index in [-0.39, 0.29) is 28.4 Å². The molecule has 1 aliphatic carbocycles. The maximum atomic E-state index is 13.6. The highest BCUT2D eigenvalue weighted by molar-refractivity contribution is 7.97. The number of nitrogens with one attached hydrogen (secondary N) is 2. The number of anilines is 2. The summed E-state index contributed by atoms with van der Waals surface area (Å²) >= 11 is 13.4. The Balaban J connectivity index is 1.33. The molecule has 1 saturated heterocycles. The van der Waals surface area contributed by atoms with Crippen LogP contribution in [0.1, 0.15) is 40.6 Å². The van der Waals surface area contributed by atoms with E-state index >= 15 is 0 Å². The number of hydrogen-bond acceptors (Lipinski definition) is 8. The lowest BCUT2D eigenvalue weighted by molar-refractivity contribution is 0.0980. The van der Waals surface area contributed by atoms with Gasteiger partial charge in [0.25, 0.3) is 11.5 Å². The topological polar surface area (TPSA) is 110 Å². The van der Waals surface area contributed by atoms with Gasteiger partial charge in [-0.2, -0.15) is 5.10 Å².